The maximum Gasteiger partial charge on any atom is 0.329 e. The topological polar surface area (TPSA) is 84.5 Å². The van der Waals surface area contributed by atoms with Gasteiger partial charge in [-0.05, 0) is 67.3 Å². The first kappa shape index (κ1) is 24.1. The average Bonchev–Trinajstić information content (AvgIpc) is 2.72. The minimum atomic E-state index is -0.874. The number of anilines is 1. The molecule has 0 bridgehead atoms. The standard InChI is InChI=1S/C21H22Cl2N2O4S/c1-13-3-6-16(23)11-18(13)24-19(26)12-29-21(28)17(9-10-30-2)25-20(27)14-4-7-15(22)8-5-14/h3-8,11,17H,9-10,12H2,1-2H3,(H,24,26)(H,25,27)/t17-/m1/s1. The van der Waals surface area contributed by atoms with E-state index in [9.17, 15) is 14.4 Å². The number of carbonyl (C=O) groups is 3. The van der Waals surface area contributed by atoms with Crippen molar-refractivity contribution in [3.8, 4) is 0 Å². The van der Waals surface area contributed by atoms with Gasteiger partial charge in [-0.25, -0.2) is 4.79 Å². The summed E-state index contributed by atoms with van der Waals surface area (Å²) in [5.74, 6) is -0.964. The lowest BCUT2D eigenvalue weighted by Crippen LogP contribution is -2.43. The Morgan fingerprint density at radius 2 is 1.73 bits per heavy atom. The lowest BCUT2D eigenvalue weighted by Gasteiger charge is -2.17. The van der Waals surface area contributed by atoms with E-state index in [0.717, 1.165) is 5.56 Å². The Hall–Kier alpha value is -2.22. The number of hydrogen-bond acceptors (Lipinski definition) is 5. The van der Waals surface area contributed by atoms with E-state index in [-0.39, 0.29) is 0 Å². The molecule has 9 heteroatoms. The Morgan fingerprint density at radius 1 is 1.07 bits per heavy atom. The smallest absolute Gasteiger partial charge is 0.329 e. The number of esters is 1. The van der Waals surface area contributed by atoms with Crippen LogP contribution in [0.5, 0.6) is 0 Å². The molecule has 0 aliphatic heterocycles. The largest absolute Gasteiger partial charge is 0.454 e. The van der Waals surface area contributed by atoms with E-state index < -0.39 is 30.4 Å². The molecule has 2 aromatic carbocycles. The van der Waals surface area contributed by atoms with Gasteiger partial charge in [0.15, 0.2) is 6.61 Å². The van der Waals surface area contributed by atoms with Crippen molar-refractivity contribution in [3.05, 3.63) is 63.6 Å². The lowest BCUT2D eigenvalue weighted by atomic mass is 10.1. The molecule has 0 heterocycles. The number of amides is 2. The van der Waals surface area contributed by atoms with Gasteiger partial charge in [-0.2, -0.15) is 11.8 Å². The molecular weight excluding hydrogens is 447 g/mol. The number of rotatable bonds is 9. The molecule has 0 saturated heterocycles. The monoisotopic (exact) mass is 468 g/mol. The summed E-state index contributed by atoms with van der Waals surface area (Å²) in [5, 5.41) is 6.30. The molecule has 0 aliphatic carbocycles. The van der Waals surface area contributed by atoms with Crippen LogP contribution in [0.3, 0.4) is 0 Å². The Kier molecular flexibility index (Phi) is 9.49. The van der Waals surface area contributed by atoms with Crippen LogP contribution in [0.25, 0.3) is 0 Å². The molecule has 30 heavy (non-hydrogen) atoms. The zero-order valence-electron chi connectivity index (χ0n) is 16.5. The molecule has 0 unspecified atom stereocenters. The van der Waals surface area contributed by atoms with Crippen LogP contribution in [0.1, 0.15) is 22.3 Å². The molecule has 0 saturated carbocycles. The quantitative estimate of drug-likeness (QED) is 0.534. The number of hydrogen-bond donors (Lipinski definition) is 2. The van der Waals surface area contributed by atoms with E-state index in [2.05, 4.69) is 10.6 Å². The first-order valence-electron chi connectivity index (χ1n) is 9.08. The van der Waals surface area contributed by atoms with Crippen LogP contribution < -0.4 is 10.6 Å². The van der Waals surface area contributed by atoms with Crippen LogP contribution in [0, 0.1) is 6.92 Å². The van der Waals surface area contributed by atoms with Gasteiger partial charge >= 0.3 is 5.97 Å². The van der Waals surface area contributed by atoms with Crippen molar-refractivity contribution in [2.45, 2.75) is 19.4 Å². The van der Waals surface area contributed by atoms with Gasteiger partial charge in [0.05, 0.1) is 0 Å². The third-order valence-corrected chi connectivity index (χ3v) is 5.26. The predicted molar refractivity (Wildman–Crippen MR) is 121 cm³/mol. The maximum absolute atomic E-state index is 12.5. The van der Waals surface area contributed by atoms with Crippen molar-refractivity contribution in [2.24, 2.45) is 0 Å². The van der Waals surface area contributed by atoms with Crippen LogP contribution in [-0.4, -0.2) is 42.4 Å². The van der Waals surface area contributed by atoms with E-state index in [1.807, 2.05) is 13.2 Å². The summed E-state index contributed by atoms with van der Waals surface area (Å²) in [5.41, 5.74) is 1.74. The fraction of sp³-hybridized carbons (Fsp3) is 0.286. The van der Waals surface area contributed by atoms with Crippen molar-refractivity contribution in [3.63, 3.8) is 0 Å². The average molecular weight is 469 g/mol. The summed E-state index contributed by atoms with van der Waals surface area (Å²) < 4.78 is 5.13. The van der Waals surface area contributed by atoms with Crippen LogP contribution in [-0.2, 0) is 14.3 Å². The zero-order valence-corrected chi connectivity index (χ0v) is 18.9. The number of halogens is 2. The summed E-state index contributed by atoms with van der Waals surface area (Å²) >= 11 is 13.3. The second-order valence-electron chi connectivity index (χ2n) is 6.43. The molecular formula is C21H22Cl2N2O4S. The predicted octanol–water partition coefficient (Wildman–Crippen LogP) is 4.34. The Balaban J connectivity index is 1.95. The van der Waals surface area contributed by atoms with Crippen molar-refractivity contribution in [1.82, 2.24) is 5.32 Å². The SMILES string of the molecule is CSCC[C@@H](NC(=O)c1ccc(Cl)cc1)C(=O)OCC(=O)Nc1cc(Cl)ccc1C. The summed E-state index contributed by atoms with van der Waals surface area (Å²) in [6.07, 6.45) is 2.26. The van der Waals surface area contributed by atoms with Gasteiger partial charge in [-0.3, -0.25) is 9.59 Å². The minimum Gasteiger partial charge on any atom is -0.454 e. The van der Waals surface area contributed by atoms with Crippen molar-refractivity contribution < 1.29 is 19.1 Å². The first-order chi connectivity index (χ1) is 14.3. The third-order valence-electron chi connectivity index (χ3n) is 4.13. The number of aryl methyl sites for hydroxylation is 1. The fourth-order valence-electron chi connectivity index (χ4n) is 2.48. The molecule has 6 nitrogen and oxygen atoms in total. The number of carbonyl (C=O) groups excluding carboxylic acids is 3. The summed E-state index contributed by atoms with van der Waals surface area (Å²) in [4.78, 5) is 37.1. The van der Waals surface area contributed by atoms with Crippen LogP contribution >= 0.6 is 35.0 Å². The second kappa shape index (κ2) is 11.8. The second-order valence-corrected chi connectivity index (χ2v) is 8.29. The normalized spacial score (nSPS) is 11.5. The molecule has 2 N–H and O–H groups in total. The Bertz CT molecular complexity index is 906. The highest BCUT2D eigenvalue weighted by Gasteiger charge is 2.23. The van der Waals surface area contributed by atoms with Gasteiger partial charge in [0.1, 0.15) is 6.04 Å². The van der Waals surface area contributed by atoms with Gasteiger partial charge in [0.25, 0.3) is 11.8 Å². The molecule has 0 spiro atoms. The van der Waals surface area contributed by atoms with Crippen LogP contribution in [0.2, 0.25) is 10.0 Å². The highest BCUT2D eigenvalue weighted by atomic mass is 35.5. The highest BCUT2D eigenvalue weighted by Crippen LogP contribution is 2.20. The zero-order chi connectivity index (χ0) is 22.1. The lowest BCUT2D eigenvalue weighted by molar-refractivity contribution is -0.149. The van der Waals surface area contributed by atoms with Crippen LogP contribution in [0.4, 0.5) is 5.69 Å². The molecule has 2 rings (SSSR count). The van der Waals surface area contributed by atoms with Gasteiger partial charge in [-0.15, -0.1) is 0 Å². The van der Waals surface area contributed by atoms with E-state index in [0.29, 0.717) is 33.5 Å². The van der Waals surface area contributed by atoms with E-state index in [4.69, 9.17) is 27.9 Å². The summed E-state index contributed by atoms with van der Waals surface area (Å²) in [7, 11) is 0. The molecule has 160 valence electrons. The van der Waals surface area contributed by atoms with Crippen LogP contribution in [0.15, 0.2) is 42.5 Å². The Labute approximate surface area is 189 Å². The van der Waals surface area contributed by atoms with E-state index >= 15 is 0 Å². The fourth-order valence-corrected chi connectivity index (χ4v) is 3.25. The first-order valence-corrected chi connectivity index (χ1v) is 11.2. The number of thioether (sulfide) groups is 1. The molecule has 0 aliphatic rings. The number of nitrogens with one attached hydrogen (secondary N) is 2. The third kappa shape index (κ3) is 7.55. The minimum absolute atomic E-state index is 0.369. The van der Waals surface area contributed by atoms with Gasteiger partial charge in [0, 0.05) is 21.3 Å². The molecule has 0 radical (unpaired) electrons. The van der Waals surface area contributed by atoms with E-state index in [1.165, 1.54) is 11.8 Å². The van der Waals surface area contributed by atoms with Crippen molar-refractivity contribution in [2.75, 3.05) is 23.9 Å². The highest BCUT2D eigenvalue weighted by molar-refractivity contribution is 7.98. The molecule has 0 aromatic heterocycles. The van der Waals surface area contributed by atoms with Gasteiger partial charge in [0.2, 0.25) is 0 Å². The molecule has 2 amide bonds. The summed E-state index contributed by atoms with van der Waals surface area (Å²) in [6.45, 7) is 1.35. The summed E-state index contributed by atoms with van der Waals surface area (Å²) in [6, 6.07) is 10.5. The maximum atomic E-state index is 12.5. The van der Waals surface area contributed by atoms with Gasteiger partial charge in [-0.1, -0.05) is 29.3 Å². The molecule has 2 aromatic rings. The number of ether oxygens (including phenoxy) is 1. The molecule has 1 atom stereocenters. The van der Waals surface area contributed by atoms with Crippen molar-refractivity contribution in [1.29, 1.82) is 0 Å². The van der Waals surface area contributed by atoms with E-state index in [1.54, 1.807) is 42.5 Å². The van der Waals surface area contributed by atoms with Gasteiger partial charge < -0.3 is 15.4 Å². The Morgan fingerprint density at radius 3 is 2.40 bits per heavy atom. The van der Waals surface area contributed by atoms with Crippen molar-refractivity contribution >= 4 is 58.4 Å². The number of benzene rings is 2. The molecule has 0 fully saturated rings.